The Kier molecular flexibility index (Phi) is 23.9. The summed E-state index contributed by atoms with van der Waals surface area (Å²) in [7, 11) is 0. The van der Waals surface area contributed by atoms with Crippen LogP contribution in [-0.4, -0.2) is 88.1 Å². The van der Waals surface area contributed by atoms with Gasteiger partial charge in [-0.1, -0.05) is 88.6 Å². The average Bonchev–Trinajstić information content (AvgIpc) is 3.57. The molecule has 2 heterocycles. The lowest BCUT2D eigenvalue weighted by Gasteiger charge is -2.27. The van der Waals surface area contributed by atoms with Gasteiger partial charge in [0, 0.05) is 31.4 Å². The number of ether oxygens (including phenoxy) is 4. The molecular weight excluding hydrogens is 785 g/mol. The van der Waals surface area contributed by atoms with Crippen LogP contribution < -0.4 is 11.1 Å². The third-order valence-electron chi connectivity index (χ3n) is 10.6. The summed E-state index contributed by atoms with van der Waals surface area (Å²) in [5.74, 6) is 0.737. The first-order valence-electron chi connectivity index (χ1n) is 23.6. The highest BCUT2D eigenvalue weighted by Gasteiger charge is 2.28. The number of imidazole rings is 1. The molecule has 0 unspecified atom stereocenters. The summed E-state index contributed by atoms with van der Waals surface area (Å²) in [6, 6.07) is 7.84. The number of hydrogen-bond donors (Lipinski definition) is 2. The number of unbranched alkanes of at least 4 members (excludes halogenated alkanes) is 11. The highest BCUT2D eigenvalue weighted by molar-refractivity contribution is 6.06. The fourth-order valence-corrected chi connectivity index (χ4v) is 7.48. The first-order valence-corrected chi connectivity index (χ1v) is 23.6. The molecule has 0 spiro atoms. The molecule has 13 nitrogen and oxygen atoms in total. The number of esters is 2. The Balaban J connectivity index is 1.41. The maximum atomic E-state index is 13.2. The highest BCUT2D eigenvalue weighted by Crippen LogP contribution is 2.31. The molecule has 3 aromatic rings. The highest BCUT2D eigenvalue weighted by atomic mass is 16.6. The molecule has 0 fully saturated rings. The van der Waals surface area contributed by atoms with Crippen LogP contribution in [0.3, 0.4) is 0 Å². The summed E-state index contributed by atoms with van der Waals surface area (Å²) in [5.41, 5.74) is 7.28. The molecule has 0 atom stereocenters. The Labute approximate surface area is 372 Å². The summed E-state index contributed by atoms with van der Waals surface area (Å²) < 4.78 is 24.7. The number of carbonyl (C=O) groups excluding carboxylic acids is 3. The molecule has 0 aliphatic heterocycles. The van der Waals surface area contributed by atoms with Crippen molar-refractivity contribution in [3.05, 3.63) is 42.2 Å². The predicted octanol–water partition coefficient (Wildman–Crippen LogP) is 10.6. The van der Waals surface area contributed by atoms with Crippen LogP contribution in [0.15, 0.2) is 36.4 Å². The number of rotatable bonds is 32. The monoisotopic (exact) mass is 865 g/mol. The third-order valence-corrected chi connectivity index (χ3v) is 10.6. The third kappa shape index (κ3) is 20.8. The number of benzene rings is 1. The van der Waals surface area contributed by atoms with Crippen LogP contribution in [0.25, 0.3) is 21.9 Å². The van der Waals surface area contributed by atoms with Crippen molar-refractivity contribution in [1.29, 1.82) is 0 Å². The minimum atomic E-state index is -0.814. The zero-order chi connectivity index (χ0) is 45.2. The van der Waals surface area contributed by atoms with Crippen molar-refractivity contribution in [3.8, 4) is 0 Å². The van der Waals surface area contributed by atoms with E-state index in [1.165, 1.54) is 25.7 Å². The molecule has 0 aliphatic rings. The summed E-state index contributed by atoms with van der Waals surface area (Å²) in [5, 5.41) is 3.81. The van der Waals surface area contributed by atoms with Gasteiger partial charge in [-0.05, 0) is 112 Å². The summed E-state index contributed by atoms with van der Waals surface area (Å²) in [6.45, 7) is 18.5. The summed E-state index contributed by atoms with van der Waals surface area (Å²) >= 11 is 0. The number of nitrogens with two attached hydrogens (primary N) is 1. The Bertz CT molecular complexity index is 1800. The van der Waals surface area contributed by atoms with E-state index in [9.17, 15) is 14.4 Å². The van der Waals surface area contributed by atoms with Crippen LogP contribution in [0.2, 0.25) is 0 Å². The summed E-state index contributed by atoms with van der Waals surface area (Å²) in [6.07, 6.45) is 20.3. The van der Waals surface area contributed by atoms with Gasteiger partial charge in [0.15, 0.2) is 5.82 Å². The van der Waals surface area contributed by atoms with Gasteiger partial charge in [0.1, 0.15) is 35.8 Å². The van der Waals surface area contributed by atoms with Gasteiger partial charge < -0.3 is 39.5 Å². The number of para-hydroxylation sites is 1. The molecular formula is C49H80N6O7. The number of anilines is 1. The van der Waals surface area contributed by atoms with Gasteiger partial charge in [-0.15, -0.1) is 0 Å². The van der Waals surface area contributed by atoms with Crippen molar-refractivity contribution in [2.24, 2.45) is 0 Å². The fraction of sp³-hybridized carbons (Fsp3) is 0.694. The van der Waals surface area contributed by atoms with E-state index >= 15 is 0 Å². The molecule has 1 amide bonds. The lowest BCUT2D eigenvalue weighted by molar-refractivity contribution is -0.157. The molecule has 0 radical (unpaired) electrons. The zero-order valence-electron chi connectivity index (χ0n) is 39.4. The second-order valence-corrected chi connectivity index (χ2v) is 18.0. The maximum Gasteiger partial charge on any atom is 0.407 e. The van der Waals surface area contributed by atoms with Gasteiger partial charge >= 0.3 is 18.0 Å². The van der Waals surface area contributed by atoms with Crippen molar-refractivity contribution in [1.82, 2.24) is 24.8 Å². The van der Waals surface area contributed by atoms with Crippen molar-refractivity contribution >= 4 is 45.8 Å². The standard InChI is InChI=1S/C49H80N6O7/c1-8-10-11-12-15-18-26-36-60-42(56)30-20-16-13-14-17-24-33-54(35-27-32-51-47(58)62-48(3,4)5)34-25-19-21-31-43(57)61-49(6,7)38-55-41(37-59-9-2)53-44-45(55)39-28-22-23-29-40(39)52-46(44)50/h18,22-23,26,28-29H,8-17,19-21,24-25,27,30-38H2,1-7H3,(H2,50,52)(H,51,58)/b26-18+. The van der Waals surface area contributed by atoms with Crippen molar-refractivity contribution in [2.75, 3.05) is 45.1 Å². The molecule has 0 saturated heterocycles. The number of alkyl carbamates (subject to hydrolysis) is 1. The number of pyridine rings is 1. The van der Waals surface area contributed by atoms with E-state index in [1.807, 2.05) is 71.9 Å². The van der Waals surface area contributed by atoms with Gasteiger partial charge in [0.05, 0.1) is 17.6 Å². The molecule has 3 N–H and O–H groups in total. The first kappa shape index (κ1) is 52.1. The van der Waals surface area contributed by atoms with Crippen LogP contribution in [-0.2, 0) is 41.7 Å². The number of nitrogens with zero attached hydrogens (tertiary/aromatic N) is 4. The molecule has 2 aromatic heterocycles. The van der Waals surface area contributed by atoms with Gasteiger partial charge in [0.25, 0.3) is 0 Å². The van der Waals surface area contributed by atoms with Gasteiger partial charge in [-0.25, -0.2) is 14.8 Å². The zero-order valence-corrected chi connectivity index (χ0v) is 39.4. The molecule has 3 rings (SSSR count). The van der Waals surface area contributed by atoms with E-state index in [2.05, 4.69) is 32.8 Å². The van der Waals surface area contributed by atoms with E-state index in [-0.39, 0.29) is 11.9 Å². The van der Waals surface area contributed by atoms with Crippen LogP contribution in [0, 0.1) is 0 Å². The SMILES string of the molecule is CCCCCC/C=C/COC(=O)CCCCCCCCN(CCCCCC(=O)OC(C)(C)Cn1c(COCC)nc2c(N)nc3ccccc3c21)CCCNC(=O)OC(C)(C)C. The number of nitrogens with one attached hydrogen (secondary N) is 1. The molecule has 0 saturated carbocycles. The lowest BCUT2D eigenvalue weighted by Crippen LogP contribution is -2.35. The van der Waals surface area contributed by atoms with E-state index in [1.54, 1.807) is 0 Å². The molecule has 62 heavy (non-hydrogen) atoms. The smallest absolute Gasteiger partial charge is 0.407 e. The van der Waals surface area contributed by atoms with E-state index in [0.29, 0.717) is 62.9 Å². The largest absolute Gasteiger partial charge is 0.461 e. The normalized spacial score (nSPS) is 12.2. The lowest BCUT2D eigenvalue weighted by atomic mass is 10.1. The van der Waals surface area contributed by atoms with Gasteiger partial charge in [-0.2, -0.15) is 0 Å². The predicted molar refractivity (Wildman–Crippen MR) is 250 cm³/mol. The van der Waals surface area contributed by atoms with Crippen molar-refractivity contribution in [2.45, 2.75) is 182 Å². The number of aromatic nitrogens is 3. The molecule has 348 valence electrons. The van der Waals surface area contributed by atoms with Crippen molar-refractivity contribution < 1.29 is 33.3 Å². The minimum absolute atomic E-state index is 0.108. The molecule has 0 aliphatic carbocycles. The van der Waals surface area contributed by atoms with Gasteiger partial charge in [-0.3, -0.25) is 9.59 Å². The van der Waals surface area contributed by atoms with Crippen LogP contribution >= 0.6 is 0 Å². The Morgan fingerprint density at radius 1 is 0.774 bits per heavy atom. The second kappa shape index (κ2) is 28.5. The Morgan fingerprint density at radius 3 is 2.13 bits per heavy atom. The van der Waals surface area contributed by atoms with Gasteiger partial charge in [0.2, 0.25) is 0 Å². The Hall–Kier alpha value is -4.23. The van der Waals surface area contributed by atoms with Crippen LogP contribution in [0.1, 0.15) is 163 Å². The van der Waals surface area contributed by atoms with E-state index in [4.69, 9.17) is 29.7 Å². The first-order chi connectivity index (χ1) is 29.7. The number of amides is 1. The number of nitrogen functional groups attached to an aromatic ring is 1. The summed E-state index contributed by atoms with van der Waals surface area (Å²) in [4.78, 5) is 49.3. The quantitative estimate of drug-likeness (QED) is 0.0266. The van der Waals surface area contributed by atoms with E-state index in [0.717, 1.165) is 107 Å². The number of fused-ring (bicyclic) bond motifs is 3. The van der Waals surface area contributed by atoms with Crippen LogP contribution in [0.4, 0.5) is 10.6 Å². The van der Waals surface area contributed by atoms with Crippen LogP contribution in [0.5, 0.6) is 0 Å². The topological polar surface area (TPSA) is 160 Å². The minimum Gasteiger partial charge on any atom is -0.461 e. The fourth-order valence-electron chi connectivity index (χ4n) is 7.48. The molecule has 0 bridgehead atoms. The second-order valence-electron chi connectivity index (χ2n) is 18.0. The number of allylic oxidation sites excluding steroid dienone is 1. The number of hydrogen-bond acceptors (Lipinski definition) is 11. The maximum absolute atomic E-state index is 13.2. The Morgan fingerprint density at radius 2 is 1.42 bits per heavy atom. The molecule has 13 heteroatoms. The van der Waals surface area contributed by atoms with Crippen molar-refractivity contribution in [3.63, 3.8) is 0 Å². The molecule has 1 aromatic carbocycles. The number of carbonyl (C=O) groups is 3. The van der Waals surface area contributed by atoms with E-state index < -0.39 is 17.3 Å². The average molecular weight is 865 g/mol.